The number of hydrogen-bond donors (Lipinski definition) is 1. The van der Waals surface area contributed by atoms with E-state index >= 15 is 0 Å². The van der Waals surface area contributed by atoms with Crippen molar-refractivity contribution in [2.45, 2.75) is 59.4 Å². The predicted octanol–water partition coefficient (Wildman–Crippen LogP) is 3.92. The fourth-order valence-electron chi connectivity index (χ4n) is 3.54. The van der Waals surface area contributed by atoms with E-state index in [1.807, 2.05) is 0 Å². The van der Waals surface area contributed by atoms with E-state index in [-0.39, 0.29) is 16.9 Å². The fourth-order valence-corrected chi connectivity index (χ4v) is 3.54. The Labute approximate surface area is 134 Å². The van der Waals surface area contributed by atoms with Gasteiger partial charge in [0.2, 0.25) is 5.91 Å². The van der Waals surface area contributed by atoms with Crippen molar-refractivity contribution in [3.05, 3.63) is 34.9 Å². The van der Waals surface area contributed by atoms with E-state index < -0.39 is 0 Å². The maximum atomic E-state index is 12.7. The van der Waals surface area contributed by atoms with Gasteiger partial charge in [0.25, 0.3) is 0 Å². The molecule has 1 N–H and O–H groups in total. The van der Waals surface area contributed by atoms with Gasteiger partial charge in [-0.3, -0.25) is 4.79 Å². The molecule has 2 aliphatic heterocycles. The number of carbonyl (C=O) groups is 1. The molecule has 0 unspecified atom stereocenters. The van der Waals surface area contributed by atoms with Gasteiger partial charge in [-0.05, 0) is 38.7 Å². The third-order valence-electron chi connectivity index (χ3n) is 5.53. The van der Waals surface area contributed by atoms with Crippen LogP contribution in [0.1, 0.15) is 53.9 Å². The number of nitrogens with one attached hydrogen (secondary N) is 1. The van der Waals surface area contributed by atoms with Crippen LogP contribution in [0.15, 0.2) is 34.9 Å². The Morgan fingerprint density at radius 1 is 1.27 bits per heavy atom. The van der Waals surface area contributed by atoms with Crippen molar-refractivity contribution in [2.24, 2.45) is 5.41 Å². The van der Waals surface area contributed by atoms with Crippen LogP contribution in [0, 0.1) is 5.41 Å². The second-order valence-electron chi connectivity index (χ2n) is 6.58. The Balaban J connectivity index is 2.47. The maximum absolute atomic E-state index is 12.7. The Morgan fingerprint density at radius 2 is 1.91 bits per heavy atom. The molecule has 2 rings (SSSR count). The van der Waals surface area contributed by atoms with E-state index in [2.05, 4.69) is 58.2 Å². The van der Waals surface area contributed by atoms with Crippen molar-refractivity contribution in [2.75, 3.05) is 13.2 Å². The molecule has 0 aromatic carbocycles. The molecule has 0 saturated carbocycles. The lowest BCUT2D eigenvalue weighted by Gasteiger charge is -2.51. The van der Waals surface area contributed by atoms with E-state index in [0.717, 1.165) is 19.3 Å². The first-order valence-electron chi connectivity index (χ1n) is 8.41. The first-order valence-corrected chi connectivity index (χ1v) is 8.41. The highest BCUT2D eigenvalue weighted by Gasteiger charge is 2.53. The average Bonchev–Trinajstić information content (AvgIpc) is 2.48. The first kappa shape index (κ1) is 17.0. The van der Waals surface area contributed by atoms with Gasteiger partial charge in [0, 0.05) is 0 Å². The molecule has 1 fully saturated rings. The lowest BCUT2D eigenvalue weighted by Crippen LogP contribution is -2.68. The lowest BCUT2D eigenvalue weighted by atomic mass is 9.66. The Bertz CT molecular complexity index is 532. The standard InChI is InChI=1S/C19H29NO2/c1-6-14(4)10-9-11-16-15(5)18(7-2,8-3)17(21)20-19(16)12-22-13-19/h9-11H,6-8,12-13H2,1-5H3,(H,20,21)/b11-9-,14-10+. The van der Waals surface area contributed by atoms with Crippen molar-refractivity contribution >= 4 is 5.91 Å². The molecule has 1 amide bonds. The van der Waals surface area contributed by atoms with Crippen LogP contribution in [0.4, 0.5) is 0 Å². The van der Waals surface area contributed by atoms with E-state index in [4.69, 9.17) is 4.74 Å². The summed E-state index contributed by atoms with van der Waals surface area (Å²) in [6.07, 6.45) is 9.17. The summed E-state index contributed by atoms with van der Waals surface area (Å²) in [6.45, 7) is 11.8. The Kier molecular flexibility index (Phi) is 4.96. The molecule has 3 heteroatoms. The van der Waals surface area contributed by atoms with Crippen LogP contribution in [0.3, 0.4) is 0 Å². The summed E-state index contributed by atoms with van der Waals surface area (Å²) < 4.78 is 5.43. The SMILES string of the molecule is CC/C(C)=C/C=C\C1=C(C)C(CC)(CC)C(=O)NC12COC2. The summed E-state index contributed by atoms with van der Waals surface area (Å²) in [5, 5.41) is 3.26. The summed E-state index contributed by atoms with van der Waals surface area (Å²) >= 11 is 0. The Hall–Kier alpha value is -1.35. The van der Waals surface area contributed by atoms with Crippen molar-refractivity contribution < 1.29 is 9.53 Å². The molecule has 0 radical (unpaired) electrons. The molecule has 0 aromatic rings. The number of carbonyl (C=O) groups excluding carboxylic acids is 1. The zero-order chi connectivity index (χ0) is 16.4. The fraction of sp³-hybridized carbons (Fsp3) is 0.632. The van der Waals surface area contributed by atoms with Gasteiger partial charge in [0.15, 0.2) is 0 Å². The highest BCUT2D eigenvalue weighted by molar-refractivity contribution is 5.89. The number of rotatable bonds is 5. The minimum absolute atomic E-state index is 0.163. The third kappa shape index (κ3) is 2.56. The molecule has 122 valence electrons. The van der Waals surface area contributed by atoms with Gasteiger partial charge in [0.05, 0.1) is 18.6 Å². The Morgan fingerprint density at radius 3 is 2.36 bits per heavy atom. The smallest absolute Gasteiger partial charge is 0.231 e. The van der Waals surface area contributed by atoms with Gasteiger partial charge in [0.1, 0.15) is 5.54 Å². The molecule has 0 atom stereocenters. The molecule has 2 aliphatic rings. The quantitative estimate of drug-likeness (QED) is 0.782. The predicted molar refractivity (Wildman–Crippen MR) is 90.6 cm³/mol. The summed E-state index contributed by atoms with van der Waals surface area (Å²) in [7, 11) is 0. The maximum Gasteiger partial charge on any atom is 0.231 e. The highest BCUT2D eigenvalue weighted by Crippen LogP contribution is 2.45. The van der Waals surface area contributed by atoms with Gasteiger partial charge in [-0.15, -0.1) is 0 Å². The summed E-state index contributed by atoms with van der Waals surface area (Å²) in [5.41, 5.74) is 3.12. The van der Waals surface area contributed by atoms with Crippen molar-refractivity contribution in [1.29, 1.82) is 0 Å². The minimum Gasteiger partial charge on any atom is -0.376 e. The van der Waals surface area contributed by atoms with Crippen LogP contribution in [-0.4, -0.2) is 24.7 Å². The van der Waals surface area contributed by atoms with E-state index in [1.165, 1.54) is 16.7 Å². The number of allylic oxidation sites excluding steroid dienone is 3. The van der Waals surface area contributed by atoms with Crippen LogP contribution < -0.4 is 5.32 Å². The van der Waals surface area contributed by atoms with Gasteiger partial charge < -0.3 is 10.1 Å². The summed E-state index contributed by atoms with van der Waals surface area (Å²) in [6, 6.07) is 0. The van der Waals surface area contributed by atoms with Gasteiger partial charge in [-0.2, -0.15) is 0 Å². The number of ether oxygens (including phenoxy) is 1. The van der Waals surface area contributed by atoms with Crippen LogP contribution >= 0.6 is 0 Å². The molecule has 0 aromatic heterocycles. The first-order chi connectivity index (χ1) is 10.5. The van der Waals surface area contributed by atoms with Gasteiger partial charge >= 0.3 is 0 Å². The second kappa shape index (κ2) is 6.41. The summed E-state index contributed by atoms with van der Waals surface area (Å²) in [4.78, 5) is 12.7. The number of hydrogen-bond acceptors (Lipinski definition) is 2. The molecule has 0 bridgehead atoms. The molecule has 22 heavy (non-hydrogen) atoms. The molecular weight excluding hydrogens is 274 g/mol. The third-order valence-corrected chi connectivity index (χ3v) is 5.53. The van der Waals surface area contributed by atoms with Crippen molar-refractivity contribution in [3.63, 3.8) is 0 Å². The van der Waals surface area contributed by atoms with Crippen LogP contribution in [0.5, 0.6) is 0 Å². The lowest BCUT2D eigenvalue weighted by molar-refractivity contribution is -0.140. The van der Waals surface area contributed by atoms with E-state index in [9.17, 15) is 4.79 Å². The molecule has 3 nitrogen and oxygen atoms in total. The van der Waals surface area contributed by atoms with Crippen LogP contribution in [0.2, 0.25) is 0 Å². The molecular formula is C19H29NO2. The monoisotopic (exact) mass is 303 g/mol. The minimum atomic E-state index is -0.371. The van der Waals surface area contributed by atoms with Gasteiger partial charge in [-0.25, -0.2) is 0 Å². The van der Waals surface area contributed by atoms with Crippen LogP contribution in [0.25, 0.3) is 0 Å². The second-order valence-corrected chi connectivity index (χ2v) is 6.58. The molecule has 0 aliphatic carbocycles. The summed E-state index contributed by atoms with van der Waals surface area (Å²) in [5.74, 6) is 0.163. The number of amides is 1. The molecule has 1 saturated heterocycles. The molecule has 2 heterocycles. The van der Waals surface area contributed by atoms with Crippen molar-refractivity contribution in [3.8, 4) is 0 Å². The molecule has 1 spiro atoms. The topological polar surface area (TPSA) is 38.3 Å². The normalized spacial score (nSPS) is 23.9. The zero-order valence-corrected chi connectivity index (χ0v) is 14.6. The van der Waals surface area contributed by atoms with E-state index in [1.54, 1.807) is 0 Å². The van der Waals surface area contributed by atoms with Crippen molar-refractivity contribution in [1.82, 2.24) is 5.32 Å². The van der Waals surface area contributed by atoms with Crippen LogP contribution in [-0.2, 0) is 9.53 Å². The van der Waals surface area contributed by atoms with Gasteiger partial charge in [-0.1, -0.05) is 50.1 Å². The highest BCUT2D eigenvalue weighted by atomic mass is 16.5. The average molecular weight is 303 g/mol. The van der Waals surface area contributed by atoms with E-state index in [0.29, 0.717) is 13.2 Å². The zero-order valence-electron chi connectivity index (χ0n) is 14.6. The largest absolute Gasteiger partial charge is 0.376 e.